The van der Waals surface area contributed by atoms with Crippen molar-refractivity contribution in [3.63, 3.8) is 0 Å². The van der Waals surface area contributed by atoms with Crippen LogP contribution in [0, 0.1) is 0 Å². The minimum absolute atomic E-state index is 0. The van der Waals surface area contributed by atoms with Crippen molar-refractivity contribution < 1.29 is 51.5 Å². The second kappa shape index (κ2) is 3.33. The summed E-state index contributed by atoms with van der Waals surface area (Å²) in [6, 6.07) is 0. The van der Waals surface area contributed by atoms with E-state index in [1.54, 1.807) is 0 Å². The Morgan fingerprint density at radius 3 is 1.73 bits per heavy atom. The zero-order valence-corrected chi connectivity index (χ0v) is 8.59. The molecule has 0 radical (unpaired) electrons. The summed E-state index contributed by atoms with van der Waals surface area (Å²) >= 11 is -3.01. The van der Waals surface area contributed by atoms with Crippen molar-refractivity contribution in [2.75, 3.05) is 0 Å². The SMILES string of the molecule is O=S([O-])C1(C(F)(F)F)CC1.[Na+]. The summed E-state index contributed by atoms with van der Waals surface area (Å²) in [6.45, 7) is 0. The van der Waals surface area contributed by atoms with Crippen molar-refractivity contribution in [2.45, 2.75) is 23.8 Å². The fourth-order valence-electron chi connectivity index (χ4n) is 0.658. The van der Waals surface area contributed by atoms with Gasteiger partial charge in [0, 0.05) is 0 Å². The van der Waals surface area contributed by atoms with Crippen LogP contribution in [-0.4, -0.2) is 19.7 Å². The molecule has 60 valence electrons. The van der Waals surface area contributed by atoms with E-state index in [0.717, 1.165) is 0 Å². The van der Waals surface area contributed by atoms with Crippen LogP contribution in [0.15, 0.2) is 0 Å². The summed E-state index contributed by atoms with van der Waals surface area (Å²) in [5.74, 6) is 0. The van der Waals surface area contributed by atoms with Gasteiger partial charge in [-0.1, -0.05) is 0 Å². The molecule has 0 spiro atoms. The fourth-order valence-corrected chi connectivity index (χ4v) is 1.28. The zero-order valence-electron chi connectivity index (χ0n) is 5.77. The molecular formula is C4H4F3NaO2S. The number of alkyl halides is 3. The largest absolute Gasteiger partial charge is 1.00 e. The quantitative estimate of drug-likeness (QED) is 0.358. The van der Waals surface area contributed by atoms with Crippen LogP contribution >= 0.6 is 0 Å². The molecule has 2 nitrogen and oxygen atoms in total. The van der Waals surface area contributed by atoms with Gasteiger partial charge in [0.25, 0.3) is 0 Å². The van der Waals surface area contributed by atoms with Gasteiger partial charge in [-0.2, -0.15) is 13.2 Å². The van der Waals surface area contributed by atoms with E-state index < -0.39 is 22.0 Å². The molecule has 1 rings (SSSR count). The van der Waals surface area contributed by atoms with Crippen LogP contribution in [-0.2, 0) is 11.1 Å². The third kappa shape index (κ3) is 1.98. The molecule has 1 atom stereocenters. The maximum atomic E-state index is 11.8. The Labute approximate surface area is 86.1 Å². The van der Waals surface area contributed by atoms with Crippen LogP contribution in [0.25, 0.3) is 0 Å². The average molecular weight is 196 g/mol. The Balaban J connectivity index is 0.000001000. The molecule has 0 heterocycles. The van der Waals surface area contributed by atoms with E-state index in [9.17, 15) is 21.9 Å². The van der Waals surface area contributed by atoms with Crippen LogP contribution < -0.4 is 29.6 Å². The van der Waals surface area contributed by atoms with Crippen molar-refractivity contribution >= 4 is 11.1 Å². The van der Waals surface area contributed by atoms with E-state index in [1.165, 1.54) is 0 Å². The van der Waals surface area contributed by atoms with Gasteiger partial charge < -0.3 is 4.55 Å². The maximum Gasteiger partial charge on any atom is 1.00 e. The number of halogens is 3. The molecule has 1 fully saturated rings. The zero-order chi connectivity index (χ0) is 7.99. The first kappa shape index (κ1) is 11.9. The summed E-state index contributed by atoms with van der Waals surface area (Å²) in [6.07, 6.45) is -5.15. The predicted octanol–water partition coefficient (Wildman–Crippen LogP) is -2.04. The van der Waals surface area contributed by atoms with Gasteiger partial charge in [-0.25, -0.2) is 0 Å². The van der Waals surface area contributed by atoms with Crippen LogP contribution in [0.2, 0.25) is 0 Å². The number of hydrogen-bond acceptors (Lipinski definition) is 2. The summed E-state index contributed by atoms with van der Waals surface area (Å²) in [5, 5.41) is 0. The Morgan fingerprint density at radius 2 is 1.73 bits per heavy atom. The molecule has 7 heteroatoms. The molecule has 1 aliphatic carbocycles. The first-order chi connectivity index (χ1) is 4.40. The Bertz CT molecular complexity index is 177. The van der Waals surface area contributed by atoms with E-state index in [-0.39, 0.29) is 42.4 Å². The van der Waals surface area contributed by atoms with Gasteiger partial charge in [0.15, 0.2) is 0 Å². The summed E-state index contributed by atoms with van der Waals surface area (Å²) in [7, 11) is 0. The second-order valence-electron chi connectivity index (χ2n) is 2.23. The summed E-state index contributed by atoms with van der Waals surface area (Å²) < 4.78 is 52.9. The molecule has 0 saturated heterocycles. The van der Waals surface area contributed by atoms with Crippen LogP contribution in [0.1, 0.15) is 12.8 Å². The normalized spacial score (nSPS) is 23.6. The van der Waals surface area contributed by atoms with Crippen molar-refractivity contribution in [2.24, 2.45) is 0 Å². The minimum atomic E-state index is -4.58. The van der Waals surface area contributed by atoms with E-state index >= 15 is 0 Å². The third-order valence-electron chi connectivity index (χ3n) is 1.54. The Kier molecular flexibility index (Phi) is 3.61. The molecule has 0 aliphatic heterocycles. The van der Waals surface area contributed by atoms with E-state index in [1.807, 2.05) is 0 Å². The van der Waals surface area contributed by atoms with Gasteiger partial charge in [-0.15, -0.1) is 0 Å². The fraction of sp³-hybridized carbons (Fsp3) is 1.00. The van der Waals surface area contributed by atoms with E-state index in [2.05, 4.69) is 0 Å². The third-order valence-corrected chi connectivity index (χ3v) is 2.82. The second-order valence-corrected chi connectivity index (χ2v) is 3.48. The molecule has 0 aromatic rings. The molecule has 0 N–H and O–H groups in total. The Hall–Kier alpha value is 0.900. The number of rotatable bonds is 1. The van der Waals surface area contributed by atoms with Gasteiger partial charge in [-0.05, 0) is 23.9 Å². The van der Waals surface area contributed by atoms with Gasteiger partial charge in [0.1, 0.15) is 4.75 Å². The maximum absolute atomic E-state index is 11.8. The summed E-state index contributed by atoms with van der Waals surface area (Å²) in [5.41, 5.74) is 0. The average Bonchev–Trinajstić information content (AvgIpc) is 2.36. The molecular weight excluding hydrogens is 192 g/mol. The summed E-state index contributed by atoms with van der Waals surface area (Å²) in [4.78, 5) is 0. The van der Waals surface area contributed by atoms with E-state index in [0.29, 0.717) is 0 Å². The van der Waals surface area contributed by atoms with Crippen molar-refractivity contribution in [3.05, 3.63) is 0 Å². The van der Waals surface area contributed by atoms with Crippen molar-refractivity contribution in [3.8, 4) is 0 Å². The molecule has 1 saturated carbocycles. The molecule has 1 aliphatic rings. The topological polar surface area (TPSA) is 40.1 Å². The van der Waals surface area contributed by atoms with Crippen molar-refractivity contribution in [1.29, 1.82) is 0 Å². The number of hydrogen-bond donors (Lipinski definition) is 0. The van der Waals surface area contributed by atoms with E-state index in [4.69, 9.17) is 0 Å². The molecule has 1 unspecified atom stereocenters. The monoisotopic (exact) mass is 196 g/mol. The molecule has 0 aromatic heterocycles. The van der Waals surface area contributed by atoms with Gasteiger partial charge >= 0.3 is 35.7 Å². The first-order valence-corrected chi connectivity index (χ1v) is 3.64. The molecule has 0 amide bonds. The van der Waals surface area contributed by atoms with Gasteiger partial charge in [0.2, 0.25) is 0 Å². The van der Waals surface area contributed by atoms with Crippen LogP contribution in [0.4, 0.5) is 13.2 Å². The van der Waals surface area contributed by atoms with Gasteiger partial charge in [0.05, 0.1) is 0 Å². The minimum Gasteiger partial charge on any atom is -0.772 e. The predicted molar refractivity (Wildman–Crippen MR) is 26.9 cm³/mol. The standard InChI is InChI=1S/C4H5F3O2S.Na/c5-4(6,7)3(1-2-3)10(8)9;/h1-2H2,(H,8,9);/q;+1/p-1. The molecule has 0 bridgehead atoms. The molecule has 0 aromatic carbocycles. The Morgan fingerprint density at radius 1 is 1.36 bits per heavy atom. The molecule has 11 heavy (non-hydrogen) atoms. The van der Waals surface area contributed by atoms with Crippen LogP contribution in [0.3, 0.4) is 0 Å². The van der Waals surface area contributed by atoms with Crippen LogP contribution in [0.5, 0.6) is 0 Å². The first-order valence-electron chi connectivity index (χ1n) is 2.56. The van der Waals surface area contributed by atoms with Gasteiger partial charge in [-0.3, -0.25) is 4.21 Å². The smallest absolute Gasteiger partial charge is 0.772 e. The van der Waals surface area contributed by atoms with Crippen molar-refractivity contribution in [1.82, 2.24) is 0 Å².